The van der Waals surface area contributed by atoms with Crippen LogP contribution in [0.15, 0.2) is 48.5 Å². The Balaban J connectivity index is 2.48. The molecule has 0 saturated carbocycles. The van der Waals surface area contributed by atoms with Gasteiger partial charge in [-0.3, -0.25) is 0 Å². The Morgan fingerprint density at radius 1 is 0.588 bits per heavy atom. The number of hydrogen-bond donors (Lipinski definition) is 1. The Morgan fingerprint density at radius 3 is 1.47 bits per heavy atom. The van der Waals surface area contributed by atoms with Crippen LogP contribution in [0.3, 0.4) is 0 Å². The summed E-state index contributed by atoms with van der Waals surface area (Å²) in [4.78, 5) is 0. The van der Waals surface area contributed by atoms with Crippen molar-refractivity contribution < 1.29 is 0 Å². The summed E-state index contributed by atoms with van der Waals surface area (Å²) >= 11 is 0. The van der Waals surface area contributed by atoms with E-state index in [9.17, 15) is 0 Å². The molecule has 0 radical (unpaired) electrons. The van der Waals surface area contributed by atoms with Gasteiger partial charge in [-0.1, -0.05) is 48.5 Å². The van der Waals surface area contributed by atoms with E-state index in [4.69, 9.17) is 0 Å². The zero-order valence-corrected chi connectivity index (χ0v) is 9.01. The van der Waals surface area contributed by atoms with Crippen LogP contribution in [0.2, 0.25) is 0 Å². The Bertz CT molecular complexity index is 776. The molecule has 0 saturated heterocycles. The second-order valence-electron chi connectivity index (χ2n) is 4.11. The Kier molecular flexibility index (Phi) is 1.56. The fourth-order valence-electron chi connectivity index (χ4n) is 2.46. The van der Waals surface area contributed by atoms with Crippen LogP contribution in [-0.2, 0) is 0 Å². The zero-order chi connectivity index (χ0) is 11.2. The maximum Gasteiger partial charge on any atom is 0.121 e. The highest BCUT2D eigenvalue weighted by molar-refractivity contribution is 6.22. The number of aromatic nitrogens is 3. The number of rotatable bonds is 0. The smallest absolute Gasteiger partial charge is 0.121 e. The van der Waals surface area contributed by atoms with Gasteiger partial charge in [-0.15, -0.1) is 0 Å². The van der Waals surface area contributed by atoms with Gasteiger partial charge in [0.15, 0.2) is 0 Å². The normalized spacial score (nSPS) is 11.5. The molecule has 4 aromatic rings. The fraction of sp³-hybridized carbons (Fsp3) is 0. The number of hydrogen-bond acceptors (Lipinski definition) is 2. The van der Waals surface area contributed by atoms with Gasteiger partial charge in [-0.2, -0.15) is 15.4 Å². The predicted octanol–water partition coefficient (Wildman–Crippen LogP) is 3.26. The van der Waals surface area contributed by atoms with Gasteiger partial charge in [0.2, 0.25) is 0 Å². The van der Waals surface area contributed by atoms with Crippen molar-refractivity contribution in [3.8, 4) is 0 Å². The fourth-order valence-corrected chi connectivity index (χ4v) is 2.46. The first-order valence-corrected chi connectivity index (χ1v) is 5.55. The van der Waals surface area contributed by atoms with Crippen molar-refractivity contribution in [1.82, 2.24) is 15.4 Å². The van der Waals surface area contributed by atoms with Crippen molar-refractivity contribution in [1.29, 1.82) is 0 Å². The van der Waals surface area contributed by atoms with E-state index in [0.29, 0.717) is 0 Å². The molecule has 0 atom stereocenters. The molecule has 4 rings (SSSR count). The van der Waals surface area contributed by atoms with Gasteiger partial charge in [-0.05, 0) is 10.8 Å². The van der Waals surface area contributed by atoms with Crippen LogP contribution in [0.1, 0.15) is 0 Å². The molecule has 1 N–H and O–H groups in total. The number of aromatic amines is 1. The summed E-state index contributed by atoms with van der Waals surface area (Å²) in [7, 11) is 0. The third-order valence-electron chi connectivity index (χ3n) is 3.20. The highest BCUT2D eigenvalue weighted by Gasteiger charge is 2.09. The molecule has 0 aliphatic heterocycles. The molecule has 0 fully saturated rings. The molecule has 1 heterocycles. The summed E-state index contributed by atoms with van der Waals surface area (Å²) in [6.45, 7) is 0. The molecule has 0 bridgehead atoms. The van der Waals surface area contributed by atoms with Crippen molar-refractivity contribution in [2.45, 2.75) is 0 Å². The highest BCUT2D eigenvalue weighted by Crippen LogP contribution is 2.32. The van der Waals surface area contributed by atoms with Gasteiger partial charge in [0.1, 0.15) is 11.0 Å². The minimum atomic E-state index is 0.944. The van der Waals surface area contributed by atoms with Crippen molar-refractivity contribution in [2.24, 2.45) is 0 Å². The zero-order valence-electron chi connectivity index (χ0n) is 9.01. The second kappa shape index (κ2) is 3.04. The quantitative estimate of drug-likeness (QED) is 0.461. The lowest BCUT2D eigenvalue weighted by Gasteiger charge is -2.04. The minimum Gasteiger partial charge on any atom is -0.197 e. The summed E-state index contributed by atoms with van der Waals surface area (Å²) in [5.41, 5.74) is 1.89. The predicted molar refractivity (Wildman–Crippen MR) is 68.9 cm³/mol. The molecule has 3 aromatic carbocycles. The molecule has 1 aromatic heterocycles. The summed E-state index contributed by atoms with van der Waals surface area (Å²) in [6, 6.07) is 16.6. The highest BCUT2D eigenvalue weighted by atomic mass is 15.3. The van der Waals surface area contributed by atoms with Crippen molar-refractivity contribution >= 4 is 32.6 Å². The molecule has 80 valence electrons. The molecular formula is C14H9N3. The molecule has 3 nitrogen and oxygen atoms in total. The van der Waals surface area contributed by atoms with Crippen molar-refractivity contribution in [2.75, 3.05) is 0 Å². The topological polar surface area (TPSA) is 41.6 Å². The number of fused-ring (bicyclic) bond motifs is 6. The van der Waals surface area contributed by atoms with Crippen LogP contribution in [0.25, 0.3) is 32.6 Å². The average Bonchev–Trinajstić information content (AvgIpc) is 2.89. The van der Waals surface area contributed by atoms with E-state index in [1.54, 1.807) is 0 Å². The van der Waals surface area contributed by atoms with E-state index in [1.807, 2.05) is 12.1 Å². The number of benzene rings is 3. The average molecular weight is 219 g/mol. The summed E-state index contributed by atoms with van der Waals surface area (Å²) in [5.74, 6) is 0. The maximum absolute atomic E-state index is 4.26. The van der Waals surface area contributed by atoms with Gasteiger partial charge < -0.3 is 0 Å². The van der Waals surface area contributed by atoms with Crippen LogP contribution in [0, 0.1) is 0 Å². The van der Waals surface area contributed by atoms with Gasteiger partial charge in [0, 0.05) is 10.8 Å². The lowest BCUT2D eigenvalue weighted by molar-refractivity contribution is 0.961. The SMILES string of the molecule is c1ccc2c(c1)c1ccccc1c1n[nH]nc21. The number of H-pyrrole nitrogens is 1. The van der Waals surface area contributed by atoms with Crippen LogP contribution >= 0.6 is 0 Å². The molecule has 0 unspecified atom stereocenters. The van der Waals surface area contributed by atoms with E-state index in [1.165, 1.54) is 10.8 Å². The first-order valence-electron chi connectivity index (χ1n) is 5.55. The number of nitrogens with zero attached hydrogens (tertiary/aromatic N) is 2. The standard InChI is InChI=1S/C14H9N3/c1-3-7-11-9(5-1)10-6-2-4-8-12(10)14-13(11)15-17-16-14/h1-8H,(H,15,16,17). The first kappa shape index (κ1) is 8.70. The van der Waals surface area contributed by atoms with Crippen LogP contribution < -0.4 is 0 Å². The van der Waals surface area contributed by atoms with Gasteiger partial charge >= 0.3 is 0 Å². The maximum atomic E-state index is 4.26. The third-order valence-corrected chi connectivity index (χ3v) is 3.20. The van der Waals surface area contributed by atoms with Crippen LogP contribution in [0.5, 0.6) is 0 Å². The second-order valence-corrected chi connectivity index (χ2v) is 4.11. The number of nitrogens with one attached hydrogen (secondary N) is 1. The van der Waals surface area contributed by atoms with Gasteiger partial charge in [-0.25, -0.2) is 0 Å². The molecule has 0 aliphatic carbocycles. The van der Waals surface area contributed by atoms with Crippen LogP contribution in [-0.4, -0.2) is 15.4 Å². The van der Waals surface area contributed by atoms with E-state index in [-0.39, 0.29) is 0 Å². The van der Waals surface area contributed by atoms with Crippen molar-refractivity contribution in [3.05, 3.63) is 48.5 Å². The molecule has 3 heteroatoms. The minimum absolute atomic E-state index is 0.944. The van der Waals surface area contributed by atoms with Gasteiger partial charge in [0.25, 0.3) is 0 Å². The van der Waals surface area contributed by atoms with E-state index >= 15 is 0 Å². The van der Waals surface area contributed by atoms with Crippen molar-refractivity contribution in [3.63, 3.8) is 0 Å². The Labute approximate surface area is 97.1 Å². The molecule has 0 spiro atoms. The summed E-state index contributed by atoms with van der Waals surface area (Å²) < 4.78 is 0. The Morgan fingerprint density at radius 2 is 1.00 bits per heavy atom. The first-order chi connectivity index (χ1) is 8.45. The summed E-state index contributed by atoms with van der Waals surface area (Å²) in [6.07, 6.45) is 0. The lowest BCUT2D eigenvalue weighted by Crippen LogP contribution is -1.81. The molecule has 0 aliphatic rings. The molecular weight excluding hydrogens is 210 g/mol. The van der Waals surface area contributed by atoms with E-state index < -0.39 is 0 Å². The largest absolute Gasteiger partial charge is 0.197 e. The summed E-state index contributed by atoms with van der Waals surface area (Å²) in [5, 5.41) is 16.0. The molecule has 0 amide bonds. The monoisotopic (exact) mass is 219 g/mol. The van der Waals surface area contributed by atoms with Gasteiger partial charge in [0.05, 0.1) is 0 Å². The van der Waals surface area contributed by atoms with Crippen LogP contribution in [0.4, 0.5) is 0 Å². The lowest BCUT2D eigenvalue weighted by atomic mass is 10.0. The Hall–Kier alpha value is -2.42. The van der Waals surface area contributed by atoms with E-state index in [2.05, 4.69) is 51.8 Å². The molecule has 17 heavy (non-hydrogen) atoms. The van der Waals surface area contributed by atoms with E-state index in [0.717, 1.165) is 21.8 Å². The third kappa shape index (κ3) is 1.05.